The van der Waals surface area contributed by atoms with Gasteiger partial charge < -0.3 is 20.1 Å². The van der Waals surface area contributed by atoms with Crippen LogP contribution in [0.5, 0.6) is 11.5 Å². The molecular weight excluding hydrogens is 363 g/mol. The van der Waals surface area contributed by atoms with E-state index in [0.717, 1.165) is 0 Å². The zero-order valence-corrected chi connectivity index (χ0v) is 15.6. The molecular formula is C20H19FN4O3. The summed E-state index contributed by atoms with van der Waals surface area (Å²) in [7, 11) is 3.10. The minimum atomic E-state index is -0.536. The molecule has 3 aromatic rings. The first-order valence-electron chi connectivity index (χ1n) is 8.41. The minimum absolute atomic E-state index is 0.0816. The van der Waals surface area contributed by atoms with Crippen LogP contribution < -0.4 is 20.1 Å². The highest BCUT2D eigenvalue weighted by molar-refractivity contribution is 6.03. The summed E-state index contributed by atoms with van der Waals surface area (Å²) in [6, 6.07) is 12.7. The molecule has 1 amide bonds. The Hall–Kier alpha value is -3.68. The number of nitrogens with one attached hydrogen (secondary N) is 2. The van der Waals surface area contributed by atoms with Crippen molar-refractivity contribution in [2.24, 2.45) is 0 Å². The van der Waals surface area contributed by atoms with Crippen molar-refractivity contribution < 1.29 is 18.7 Å². The molecule has 0 saturated carbocycles. The number of halogens is 1. The molecule has 2 N–H and O–H groups in total. The number of carbonyl (C=O) groups is 1. The van der Waals surface area contributed by atoms with Crippen molar-refractivity contribution in [3.8, 4) is 11.5 Å². The van der Waals surface area contributed by atoms with Crippen molar-refractivity contribution in [2.75, 3.05) is 24.9 Å². The van der Waals surface area contributed by atoms with Gasteiger partial charge in [0.25, 0.3) is 5.91 Å². The van der Waals surface area contributed by atoms with Crippen molar-refractivity contribution in [3.63, 3.8) is 0 Å². The molecule has 28 heavy (non-hydrogen) atoms. The predicted molar refractivity (Wildman–Crippen MR) is 104 cm³/mol. The Bertz CT molecular complexity index is 1010. The lowest BCUT2D eigenvalue weighted by molar-refractivity contribution is 0.102. The fraction of sp³-hybridized carbons (Fsp3) is 0.150. The van der Waals surface area contributed by atoms with Gasteiger partial charge in [-0.1, -0.05) is 12.1 Å². The molecule has 7 nitrogen and oxygen atoms in total. The molecule has 0 radical (unpaired) electrons. The van der Waals surface area contributed by atoms with Gasteiger partial charge in [0.1, 0.15) is 23.2 Å². The van der Waals surface area contributed by atoms with E-state index in [4.69, 9.17) is 9.47 Å². The van der Waals surface area contributed by atoms with Crippen LogP contribution in [0.4, 0.5) is 21.6 Å². The smallest absolute Gasteiger partial charge is 0.274 e. The monoisotopic (exact) mass is 382 g/mol. The third-order valence-electron chi connectivity index (χ3n) is 3.85. The summed E-state index contributed by atoms with van der Waals surface area (Å²) in [6.45, 7) is 1.67. The number of methoxy groups -OCH3 is 2. The van der Waals surface area contributed by atoms with Crippen molar-refractivity contribution >= 4 is 23.1 Å². The number of aromatic nitrogens is 2. The summed E-state index contributed by atoms with van der Waals surface area (Å²) >= 11 is 0. The van der Waals surface area contributed by atoms with Crippen LogP contribution in [0, 0.1) is 12.7 Å². The third-order valence-corrected chi connectivity index (χ3v) is 3.85. The number of para-hydroxylation sites is 1. The number of rotatable bonds is 6. The lowest BCUT2D eigenvalue weighted by Crippen LogP contribution is -2.16. The number of ether oxygens (including phenoxy) is 2. The summed E-state index contributed by atoms with van der Waals surface area (Å²) in [4.78, 5) is 20.9. The van der Waals surface area contributed by atoms with Gasteiger partial charge in [-0.2, -0.15) is 0 Å². The van der Waals surface area contributed by atoms with E-state index in [1.54, 1.807) is 51.5 Å². The van der Waals surface area contributed by atoms with Crippen LogP contribution in [0.1, 0.15) is 16.3 Å². The molecule has 0 atom stereocenters. The van der Waals surface area contributed by atoms with Gasteiger partial charge in [0.15, 0.2) is 11.5 Å². The lowest BCUT2D eigenvalue weighted by atomic mass is 10.2. The van der Waals surface area contributed by atoms with Crippen LogP contribution in [0.15, 0.2) is 48.5 Å². The van der Waals surface area contributed by atoms with Crippen LogP contribution in [0.2, 0.25) is 0 Å². The topological polar surface area (TPSA) is 85.4 Å². The molecule has 144 valence electrons. The van der Waals surface area contributed by atoms with Crippen LogP contribution in [0.25, 0.3) is 0 Å². The summed E-state index contributed by atoms with van der Waals surface area (Å²) in [5, 5.41) is 5.61. The standard InChI is InChI=1S/C20H19FN4O3/c1-12-22-16(20(26)25-15-7-5-4-6-14(15)21)11-19(23-12)24-13-8-9-17(27-2)18(10-13)28-3/h4-11H,1-3H3,(H,25,26)(H,22,23,24). The second-order valence-corrected chi connectivity index (χ2v) is 5.81. The van der Waals surface area contributed by atoms with Crippen LogP contribution in [-0.4, -0.2) is 30.1 Å². The zero-order valence-electron chi connectivity index (χ0n) is 15.6. The first-order valence-corrected chi connectivity index (χ1v) is 8.41. The maximum atomic E-state index is 13.8. The highest BCUT2D eigenvalue weighted by Gasteiger charge is 2.13. The number of hydrogen-bond donors (Lipinski definition) is 2. The van der Waals surface area contributed by atoms with Crippen molar-refractivity contribution in [1.29, 1.82) is 0 Å². The van der Waals surface area contributed by atoms with Gasteiger partial charge in [-0.15, -0.1) is 0 Å². The van der Waals surface area contributed by atoms with E-state index >= 15 is 0 Å². The largest absolute Gasteiger partial charge is 0.493 e. The SMILES string of the molecule is COc1ccc(Nc2cc(C(=O)Nc3ccccc3F)nc(C)n2)cc1OC. The lowest BCUT2D eigenvalue weighted by Gasteiger charge is -2.12. The maximum absolute atomic E-state index is 13.8. The molecule has 1 heterocycles. The van der Waals surface area contributed by atoms with Crippen LogP contribution in [0.3, 0.4) is 0 Å². The van der Waals surface area contributed by atoms with Gasteiger partial charge in [-0.3, -0.25) is 4.79 Å². The Morgan fingerprint density at radius 1 is 1.00 bits per heavy atom. The molecule has 0 bridgehead atoms. The molecule has 0 aliphatic heterocycles. The van der Waals surface area contributed by atoms with E-state index < -0.39 is 11.7 Å². The number of aryl methyl sites for hydroxylation is 1. The Morgan fingerprint density at radius 2 is 1.75 bits per heavy atom. The summed E-state index contributed by atoms with van der Waals surface area (Å²) in [6.07, 6.45) is 0. The van der Waals surface area contributed by atoms with Gasteiger partial charge in [-0.05, 0) is 31.2 Å². The molecule has 0 unspecified atom stereocenters. The molecule has 0 aliphatic rings. The van der Waals surface area contributed by atoms with Crippen LogP contribution >= 0.6 is 0 Å². The predicted octanol–water partition coefficient (Wildman–Crippen LogP) is 3.94. The summed E-state index contributed by atoms with van der Waals surface area (Å²) < 4.78 is 24.3. The van der Waals surface area contributed by atoms with Gasteiger partial charge in [0.05, 0.1) is 19.9 Å². The molecule has 3 rings (SSSR count). The first kappa shape index (κ1) is 19.1. The number of benzene rings is 2. The second kappa shape index (κ2) is 8.34. The van der Waals surface area contributed by atoms with E-state index in [9.17, 15) is 9.18 Å². The minimum Gasteiger partial charge on any atom is -0.493 e. The highest BCUT2D eigenvalue weighted by atomic mass is 19.1. The molecule has 0 spiro atoms. The maximum Gasteiger partial charge on any atom is 0.274 e. The zero-order chi connectivity index (χ0) is 20.1. The molecule has 2 aromatic carbocycles. The molecule has 0 aliphatic carbocycles. The number of amides is 1. The fourth-order valence-electron chi connectivity index (χ4n) is 2.56. The highest BCUT2D eigenvalue weighted by Crippen LogP contribution is 2.31. The molecule has 8 heteroatoms. The molecule has 1 aromatic heterocycles. The summed E-state index contributed by atoms with van der Waals surface area (Å²) in [5.74, 6) is 0.895. The van der Waals surface area contributed by atoms with E-state index in [1.165, 1.54) is 18.2 Å². The van der Waals surface area contributed by atoms with Crippen LogP contribution in [-0.2, 0) is 0 Å². The van der Waals surface area contributed by atoms with E-state index in [1.807, 2.05) is 0 Å². The average molecular weight is 382 g/mol. The quantitative estimate of drug-likeness (QED) is 0.672. The first-order chi connectivity index (χ1) is 13.5. The van der Waals surface area contributed by atoms with E-state index in [-0.39, 0.29) is 11.4 Å². The van der Waals surface area contributed by atoms with E-state index in [0.29, 0.717) is 28.8 Å². The molecule has 0 saturated heterocycles. The van der Waals surface area contributed by atoms with E-state index in [2.05, 4.69) is 20.6 Å². The third kappa shape index (κ3) is 4.35. The van der Waals surface area contributed by atoms with Gasteiger partial charge in [0.2, 0.25) is 0 Å². The Labute approximate surface area is 161 Å². The Balaban J connectivity index is 1.83. The molecule has 0 fully saturated rings. The Morgan fingerprint density at radius 3 is 2.46 bits per heavy atom. The summed E-state index contributed by atoms with van der Waals surface area (Å²) in [5.41, 5.74) is 0.883. The van der Waals surface area contributed by atoms with Gasteiger partial charge in [0, 0.05) is 17.8 Å². The Kier molecular flexibility index (Phi) is 5.69. The fourth-order valence-corrected chi connectivity index (χ4v) is 2.56. The number of carbonyl (C=O) groups excluding carboxylic acids is 1. The average Bonchev–Trinajstić information content (AvgIpc) is 2.69. The number of anilines is 3. The number of nitrogens with zero attached hydrogens (tertiary/aromatic N) is 2. The van der Waals surface area contributed by atoms with Gasteiger partial charge >= 0.3 is 0 Å². The number of hydrogen-bond acceptors (Lipinski definition) is 6. The van der Waals surface area contributed by atoms with Crippen molar-refractivity contribution in [1.82, 2.24) is 9.97 Å². The second-order valence-electron chi connectivity index (χ2n) is 5.81. The normalized spacial score (nSPS) is 10.3. The van der Waals surface area contributed by atoms with Crippen molar-refractivity contribution in [2.45, 2.75) is 6.92 Å². The van der Waals surface area contributed by atoms with Crippen molar-refractivity contribution in [3.05, 3.63) is 65.9 Å². The van der Waals surface area contributed by atoms with Gasteiger partial charge in [-0.25, -0.2) is 14.4 Å².